The zero-order chi connectivity index (χ0) is 19.4. The minimum Gasteiger partial charge on any atom is -0.493 e. The fraction of sp³-hybridized carbons (Fsp3) is 0.278. The molecular formula is C18H18F2N4O2S. The minimum atomic E-state index is -2.90. The van der Waals surface area contributed by atoms with Crippen molar-refractivity contribution in [3.63, 3.8) is 0 Å². The van der Waals surface area contributed by atoms with Crippen LogP contribution < -0.4 is 9.47 Å². The second kappa shape index (κ2) is 8.34. The maximum absolute atomic E-state index is 12.4. The van der Waals surface area contributed by atoms with Gasteiger partial charge in [-0.15, -0.1) is 5.10 Å². The lowest BCUT2D eigenvalue weighted by Crippen LogP contribution is -2.04. The Hall–Kier alpha value is -2.68. The Morgan fingerprint density at radius 1 is 1.11 bits per heavy atom. The van der Waals surface area contributed by atoms with Crippen LogP contribution in [-0.2, 0) is 5.75 Å². The van der Waals surface area contributed by atoms with E-state index >= 15 is 0 Å². The first-order valence-corrected chi connectivity index (χ1v) is 9.07. The van der Waals surface area contributed by atoms with Crippen molar-refractivity contribution in [2.24, 2.45) is 0 Å². The molecule has 0 unspecified atom stereocenters. The summed E-state index contributed by atoms with van der Waals surface area (Å²) in [7, 11) is 1.41. The van der Waals surface area contributed by atoms with Crippen LogP contribution in [-0.4, -0.2) is 33.9 Å². The molecule has 3 rings (SSSR count). The fourth-order valence-electron chi connectivity index (χ4n) is 2.61. The Morgan fingerprint density at radius 2 is 1.93 bits per heavy atom. The standard InChI is InChI=1S/C18H18F2N4O2S/c1-11-4-6-14(12(2)8-11)24-18(21-22-23-24)27-10-13-5-7-15(26-17(19)20)16(9-13)25-3/h4-9,17H,10H2,1-3H3. The van der Waals surface area contributed by atoms with Gasteiger partial charge < -0.3 is 9.47 Å². The highest BCUT2D eigenvalue weighted by molar-refractivity contribution is 7.98. The molecule has 0 bridgehead atoms. The van der Waals surface area contributed by atoms with Gasteiger partial charge in [0.1, 0.15) is 0 Å². The van der Waals surface area contributed by atoms with Gasteiger partial charge in [-0.3, -0.25) is 0 Å². The van der Waals surface area contributed by atoms with E-state index in [4.69, 9.17) is 4.74 Å². The predicted molar refractivity (Wildman–Crippen MR) is 97.8 cm³/mol. The second-order valence-electron chi connectivity index (χ2n) is 5.82. The van der Waals surface area contributed by atoms with Crippen molar-refractivity contribution < 1.29 is 18.3 Å². The number of tetrazole rings is 1. The predicted octanol–water partition coefficient (Wildman–Crippen LogP) is 4.18. The topological polar surface area (TPSA) is 62.1 Å². The first-order valence-electron chi connectivity index (χ1n) is 8.08. The van der Waals surface area contributed by atoms with Crippen molar-refractivity contribution in [1.82, 2.24) is 20.2 Å². The van der Waals surface area contributed by atoms with Crippen LogP contribution in [0.4, 0.5) is 8.78 Å². The van der Waals surface area contributed by atoms with E-state index in [0.29, 0.717) is 10.9 Å². The summed E-state index contributed by atoms with van der Waals surface area (Å²) in [5.41, 5.74) is 4.01. The molecule has 6 nitrogen and oxygen atoms in total. The SMILES string of the molecule is COc1cc(CSc2nnnn2-c2ccc(C)cc2C)ccc1OC(F)F. The Bertz CT molecular complexity index is 933. The smallest absolute Gasteiger partial charge is 0.387 e. The van der Waals surface area contributed by atoms with Crippen LogP contribution in [0.5, 0.6) is 11.5 Å². The van der Waals surface area contributed by atoms with Crippen molar-refractivity contribution in [3.05, 3.63) is 53.1 Å². The summed E-state index contributed by atoms with van der Waals surface area (Å²) in [5, 5.41) is 12.6. The van der Waals surface area contributed by atoms with Crippen molar-refractivity contribution in [3.8, 4) is 17.2 Å². The lowest BCUT2D eigenvalue weighted by atomic mass is 10.1. The number of benzene rings is 2. The highest BCUT2D eigenvalue weighted by Crippen LogP contribution is 2.32. The van der Waals surface area contributed by atoms with Crippen LogP contribution in [0.2, 0.25) is 0 Å². The third kappa shape index (κ3) is 4.54. The van der Waals surface area contributed by atoms with Gasteiger partial charge in [-0.25, -0.2) is 0 Å². The molecule has 0 radical (unpaired) electrons. The summed E-state index contributed by atoms with van der Waals surface area (Å²) in [6.07, 6.45) is 0. The average molecular weight is 392 g/mol. The summed E-state index contributed by atoms with van der Waals surface area (Å²) in [5.74, 6) is 0.792. The summed E-state index contributed by atoms with van der Waals surface area (Å²) in [6, 6.07) is 10.9. The number of aryl methyl sites for hydroxylation is 2. The molecule has 0 aliphatic carbocycles. The molecule has 142 valence electrons. The summed E-state index contributed by atoms with van der Waals surface area (Å²) in [6.45, 7) is 1.13. The number of ether oxygens (including phenoxy) is 2. The molecule has 27 heavy (non-hydrogen) atoms. The van der Waals surface area contributed by atoms with Gasteiger partial charge >= 0.3 is 6.61 Å². The zero-order valence-corrected chi connectivity index (χ0v) is 15.8. The van der Waals surface area contributed by atoms with Gasteiger partial charge in [-0.2, -0.15) is 13.5 Å². The average Bonchev–Trinajstić information content (AvgIpc) is 3.08. The first kappa shape index (κ1) is 19.1. The number of aromatic nitrogens is 4. The highest BCUT2D eigenvalue weighted by Gasteiger charge is 2.14. The fourth-order valence-corrected chi connectivity index (χ4v) is 3.43. The number of methoxy groups -OCH3 is 1. The number of hydrogen-bond acceptors (Lipinski definition) is 6. The van der Waals surface area contributed by atoms with Gasteiger partial charge in [0.15, 0.2) is 11.5 Å². The van der Waals surface area contributed by atoms with Gasteiger partial charge in [0.25, 0.3) is 0 Å². The molecule has 0 fully saturated rings. The molecule has 0 saturated carbocycles. The third-order valence-corrected chi connectivity index (χ3v) is 4.82. The molecule has 3 aromatic rings. The van der Waals surface area contributed by atoms with Gasteiger partial charge in [0, 0.05) is 5.75 Å². The van der Waals surface area contributed by atoms with Crippen LogP contribution in [0.3, 0.4) is 0 Å². The molecule has 0 aliphatic rings. The van der Waals surface area contributed by atoms with E-state index in [2.05, 4.69) is 26.3 Å². The number of rotatable bonds is 7. The van der Waals surface area contributed by atoms with Crippen LogP contribution >= 0.6 is 11.8 Å². The monoisotopic (exact) mass is 392 g/mol. The largest absolute Gasteiger partial charge is 0.493 e. The normalized spacial score (nSPS) is 11.0. The molecule has 0 spiro atoms. The zero-order valence-electron chi connectivity index (χ0n) is 15.0. The number of halogens is 2. The molecule has 1 heterocycles. The van der Waals surface area contributed by atoms with Gasteiger partial charge in [-0.05, 0) is 53.6 Å². The van der Waals surface area contributed by atoms with Gasteiger partial charge in [0.2, 0.25) is 5.16 Å². The Balaban J connectivity index is 1.77. The molecule has 0 N–H and O–H groups in total. The van der Waals surface area contributed by atoms with Crippen LogP contribution in [0.15, 0.2) is 41.6 Å². The first-order chi connectivity index (χ1) is 13.0. The Morgan fingerprint density at radius 3 is 2.63 bits per heavy atom. The van der Waals surface area contributed by atoms with Gasteiger partial charge in [0.05, 0.1) is 12.8 Å². The maximum Gasteiger partial charge on any atom is 0.387 e. The quantitative estimate of drug-likeness (QED) is 0.562. The maximum atomic E-state index is 12.4. The van der Waals surface area contributed by atoms with Gasteiger partial charge in [-0.1, -0.05) is 35.5 Å². The summed E-state index contributed by atoms with van der Waals surface area (Å²) in [4.78, 5) is 0. The Kier molecular flexibility index (Phi) is 5.90. The number of nitrogens with zero attached hydrogens (tertiary/aromatic N) is 4. The molecule has 2 aromatic carbocycles. The number of hydrogen-bond donors (Lipinski definition) is 0. The number of thioether (sulfide) groups is 1. The van der Waals surface area contributed by atoms with E-state index in [1.54, 1.807) is 16.8 Å². The summed E-state index contributed by atoms with van der Waals surface area (Å²) < 4.78 is 36.1. The lowest BCUT2D eigenvalue weighted by Gasteiger charge is -2.11. The van der Waals surface area contributed by atoms with Crippen LogP contribution in [0, 0.1) is 13.8 Å². The van der Waals surface area contributed by atoms with E-state index in [1.165, 1.54) is 24.9 Å². The molecule has 1 aromatic heterocycles. The lowest BCUT2D eigenvalue weighted by molar-refractivity contribution is -0.0512. The van der Waals surface area contributed by atoms with E-state index < -0.39 is 6.61 Å². The van der Waals surface area contributed by atoms with Crippen LogP contribution in [0.1, 0.15) is 16.7 Å². The van der Waals surface area contributed by atoms with Crippen LogP contribution in [0.25, 0.3) is 5.69 Å². The van der Waals surface area contributed by atoms with E-state index in [9.17, 15) is 8.78 Å². The number of alkyl halides is 2. The van der Waals surface area contributed by atoms with E-state index in [-0.39, 0.29) is 11.5 Å². The van der Waals surface area contributed by atoms with E-state index in [1.807, 2.05) is 26.0 Å². The molecule has 0 aliphatic heterocycles. The third-order valence-electron chi connectivity index (χ3n) is 3.83. The van der Waals surface area contributed by atoms with Crippen molar-refractivity contribution in [2.75, 3.05) is 7.11 Å². The molecule has 9 heteroatoms. The van der Waals surface area contributed by atoms with Crippen molar-refractivity contribution in [1.29, 1.82) is 0 Å². The van der Waals surface area contributed by atoms with Crippen molar-refractivity contribution in [2.45, 2.75) is 31.4 Å². The minimum absolute atomic E-state index is 0.00126. The van der Waals surface area contributed by atoms with E-state index in [0.717, 1.165) is 22.4 Å². The molecule has 0 atom stereocenters. The van der Waals surface area contributed by atoms with Crippen molar-refractivity contribution >= 4 is 11.8 Å². The Labute approximate surface area is 159 Å². The molecule has 0 saturated heterocycles. The summed E-state index contributed by atoms with van der Waals surface area (Å²) >= 11 is 1.44. The molecular weight excluding hydrogens is 374 g/mol. The molecule has 0 amide bonds. The second-order valence-corrected chi connectivity index (χ2v) is 6.76. The highest BCUT2D eigenvalue weighted by atomic mass is 32.2.